The van der Waals surface area contributed by atoms with Gasteiger partial charge in [0.2, 0.25) is 0 Å². The highest BCUT2D eigenvalue weighted by Crippen LogP contribution is 2.34. The molecule has 1 heterocycles. The van der Waals surface area contributed by atoms with Crippen LogP contribution in [0, 0.1) is 5.92 Å². The van der Waals surface area contributed by atoms with E-state index in [0.29, 0.717) is 5.78 Å². The van der Waals surface area contributed by atoms with Crippen molar-refractivity contribution < 1.29 is 4.79 Å². The number of carbonyl (C=O) groups excluding carboxylic acids is 1. The van der Waals surface area contributed by atoms with E-state index >= 15 is 0 Å². The fourth-order valence-electron chi connectivity index (χ4n) is 3.25. The number of ketones is 1. The molecule has 0 spiro atoms. The maximum atomic E-state index is 12.8. The molecule has 2 N–H and O–H groups in total. The number of carbonyl (C=O) groups is 1. The smallest absolute Gasteiger partial charge is 0.172 e. The van der Waals surface area contributed by atoms with Crippen molar-refractivity contribution in [1.29, 1.82) is 0 Å². The molecular formula is C14H24N3O. The van der Waals surface area contributed by atoms with Gasteiger partial charge in [-0.3, -0.25) is 4.79 Å². The van der Waals surface area contributed by atoms with Crippen LogP contribution in [0.3, 0.4) is 0 Å². The lowest BCUT2D eigenvalue weighted by atomic mass is 9.86. The maximum absolute atomic E-state index is 12.8. The summed E-state index contributed by atoms with van der Waals surface area (Å²) in [6.45, 7) is 3.49. The molecule has 18 heavy (non-hydrogen) atoms. The average molecular weight is 250 g/mol. The molecular weight excluding hydrogens is 226 g/mol. The minimum Gasteiger partial charge on any atom is -0.313 e. The Morgan fingerprint density at radius 1 is 1.33 bits per heavy atom. The van der Waals surface area contributed by atoms with E-state index in [2.05, 4.69) is 16.0 Å². The van der Waals surface area contributed by atoms with E-state index in [1.165, 1.54) is 25.7 Å². The number of nitrogens with one attached hydrogen (secondary N) is 2. The zero-order valence-corrected chi connectivity index (χ0v) is 11.1. The summed E-state index contributed by atoms with van der Waals surface area (Å²) < 4.78 is 0. The van der Waals surface area contributed by atoms with Crippen molar-refractivity contribution in [2.24, 2.45) is 5.92 Å². The van der Waals surface area contributed by atoms with Crippen molar-refractivity contribution in [2.75, 3.05) is 26.2 Å². The Balaban J connectivity index is 1.64. The molecule has 0 bridgehead atoms. The van der Waals surface area contributed by atoms with Gasteiger partial charge in [0.25, 0.3) is 0 Å². The first-order valence-electron chi connectivity index (χ1n) is 7.47. The molecule has 2 saturated carbocycles. The van der Waals surface area contributed by atoms with E-state index in [-0.39, 0.29) is 11.6 Å². The summed E-state index contributed by atoms with van der Waals surface area (Å²) in [6, 6.07) is -0.108. The Morgan fingerprint density at radius 2 is 2.11 bits per heavy atom. The molecule has 1 atom stereocenters. The summed E-state index contributed by atoms with van der Waals surface area (Å²) >= 11 is 0. The van der Waals surface area contributed by atoms with Gasteiger partial charge in [-0.1, -0.05) is 12.8 Å². The second-order valence-corrected chi connectivity index (χ2v) is 6.10. The number of nitrogens with zero attached hydrogens (tertiary/aromatic N) is 1. The van der Waals surface area contributed by atoms with E-state index in [4.69, 9.17) is 0 Å². The standard InChI is InChI=1S/C14H24N3O/c18-13(12-10-15-7-8-16-12)14(5-1-2-6-14)17-9-11-3-4-11/h11-12,15,17H,1-10H2. The van der Waals surface area contributed by atoms with Crippen LogP contribution < -0.4 is 16.0 Å². The van der Waals surface area contributed by atoms with Crippen LogP contribution >= 0.6 is 0 Å². The predicted octanol–water partition coefficient (Wildman–Crippen LogP) is 0.444. The first-order chi connectivity index (χ1) is 8.80. The van der Waals surface area contributed by atoms with Gasteiger partial charge in [-0.05, 0) is 38.1 Å². The van der Waals surface area contributed by atoms with Crippen molar-refractivity contribution >= 4 is 5.78 Å². The van der Waals surface area contributed by atoms with Crippen molar-refractivity contribution in [3.63, 3.8) is 0 Å². The van der Waals surface area contributed by atoms with Crippen molar-refractivity contribution in [3.05, 3.63) is 0 Å². The largest absolute Gasteiger partial charge is 0.313 e. The van der Waals surface area contributed by atoms with Crippen LogP contribution in [0.15, 0.2) is 0 Å². The molecule has 1 unspecified atom stereocenters. The summed E-state index contributed by atoms with van der Waals surface area (Å²) in [6.07, 6.45) is 7.08. The van der Waals surface area contributed by atoms with Crippen LogP contribution in [0.4, 0.5) is 0 Å². The lowest BCUT2D eigenvalue weighted by Gasteiger charge is -2.34. The zero-order chi connectivity index (χ0) is 12.4. The van der Waals surface area contributed by atoms with Gasteiger partial charge in [0.1, 0.15) is 0 Å². The predicted molar refractivity (Wildman–Crippen MR) is 70.6 cm³/mol. The Bertz CT molecular complexity index is 302. The average Bonchev–Trinajstić information content (AvgIpc) is 3.14. The number of rotatable bonds is 5. The molecule has 2 aliphatic carbocycles. The minimum absolute atomic E-state index is 0.108. The fourth-order valence-corrected chi connectivity index (χ4v) is 3.25. The highest BCUT2D eigenvalue weighted by molar-refractivity contribution is 5.93. The maximum Gasteiger partial charge on any atom is 0.172 e. The Labute approximate surface area is 109 Å². The molecule has 4 nitrogen and oxygen atoms in total. The number of hydrogen-bond acceptors (Lipinski definition) is 3. The van der Waals surface area contributed by atoms with E-state index in [1.807, 2.05) is 0 Å². The van der Waals surface area contributed by atoms with Gasteiger partial charge in [-0.2, -0.15) is 0 Å². The lowest BCUT2D eigenvalue weighted by molar-refractivity contribution is -0.127. The molecule has 0 aromatic rings. The first kappa shape index (κ1) is 12.6. The third kappa shape index (κ3) is 2.60. The van der Waals surface area contributed by atoms with Gasteiger partial charge < -0.3 is 10.6 Å². The lowest BCUT2D eigenvalue weighted by Crippen LogP contribution is -2.60. The van der Waals surface area contributed by atoms with Crippen LogP contribution in [-0.2, 0) is 4.79 Å². The topological polar surface area (TPSA) is 55.2 Å². The van der Waals surface area contributed by atoms with Crippen LogP contribution in [0.25, 0.3) is 0 Å². The van der Waals surface area contributed by atoms with E-state index in [9.17, 15) is 4.79 Å². The van der Waals surface area contributed by atoms with Gasteiger partial charge in [0.15, 0.2) is 5.78 Å². The number of hydrogen-bond donors (Lipinski definition) is 2. The minimum atomic E-state index is -0.240. The number of Topliss-reactive ketones (excluding diaryl/α,β-unsaturated/α-hetero) is 1. The van der Waals surface area contributed by atoms with Gasteiger partial charge in [-0.25, -0.2) is 5.32 Å². The molecule has 0 aromatic carbocycles. The highest BCUT2D eigenvalue weighted by Gasteiger charge is 2.44. The van der Waals surface area contributed by atoms with Gasteiger partial charge in [-0.15, -0.1) is 0 Å². The summed E-state index contributed by atoms with van der Waals surface area (Å²) in [4.78, 5) is 12.8. The molecule has 101 valence electrons. The fraction of sp³-hybridized carbons (Fsp3) is 0.929. The highest BCUT2D eigenvalue weighted by atomic mass is 16.1. The normalized spacial score (nSPS) is 31.4. The Hall–Kier alpha value is -0.450. The van der Waals surface area contributed by atoms with E-state index in [1.54, 1.807) is 0 Å². The second-order valence-electron chi connectivity index (χ2n) is 6.10. The van der Waals surface area contributed by atoms with E-state index in [0.717, 1.165) is 44.9 Å². The second kappa shape index (κ2) is 5.27. The summed E-state index contributed by atoms with van der Waals surface area (Å²) in [7, 11) is 0. The molecule has 4 heteroatoms. The summed E-state index contributed by atoms with van der Waals surface area (Å²) in [5, 5.41) is 11.4. The molecule has 0 aromatic heterocycles. The summed E-state index contributed by atoms with van der Waals surface area (Å²) in [5.41, 5.74) is -0.240. The third-order valence-corrected chi connectivity index (χ3v) is 4.63. The molecule has 3 fully saturated rings. The molecule has 0 amide bonds. The van der Waals surface area contributed by atoms with Gasteiger partial charge in [0, 0.05) is 19.6 Å². The van der Waals surface area contributed by atoms with Crippen LogP contribution in [0.2, 0.25) is 0 Å². The Morgan fingerprint density at radius 3 is 2.72 bits per heavy atom. The zero-order valence-electron chi connectivity index (χ0n) is 11.1. The quantitative estimate of drug-likeness (QED) is 0.744. The van der Waals surface area contributed by atoms with Crippen LogP contribution in [-0.4, -0.2) is 43.5 Å². The third-order valence-electron chi connectivity index (χ3n) is 4.63. The molecule has 1 radical (unpaired) electrons. The van der Waals surface area contributed by atoms with Crippen LogP contribution in [0.5, 0.6) is 0 Å². The summed E-state index contributed by atoms with van der Waals surface area (Å²) in [5.74, 6) is 1.18. The molecule has 1 aliphatic heterocycles. The van der Waals surface area contributed by atoms with Gasteiger partial charge >= 0.3 is 0 Å². The van der Waals surface area contributed by atoms with Crippen LogP contribution in [0.1, 0.15) is 38.5 Å². The SMILES string of the molecule is O=C(C1CNCC[N]1)C1(NCC2CC2)CCCC1. The molecule has 1 saturated heterocycles. The Kier molecular flexibility index (Phi) is 3.68. The monoisotopic (exact) mass is 250 g/mol. The van der Waals surface area contributed by atoms with Crippen molar-refractivity contribution in [2.45, 2.75) is 50.1 Å². The first-order valence-corrected chi connectivity index (χ1v) is 7.47. The van der Waals surface area contributed by atoms with Gasteiger partial charge in [0.05, 0.1) is 11.6 Å². The molecule has 3 rings (SSSR count). The van der Waals surface area contributed by atoms with E-state index < -0.39 is 0 Å². The number of piperazine rings is 1. The molecule has 3 aliphatic rings. The van der Waals surface area contributed by atoms with Crippen molar-refractivity contribution in [3.8, 4) is 0 Å². The van der Waals surface area contributed by atoms with Crippen molar-refractivity contribution in [1.82, 2.24) is 16.0 Å².